The highest BCUT2D eigenvalue weighted by Gasteiger charge is 2.19. The molecule has 0 spiro atoms. The molecule has 0 saturated heterocycles. The zero-order chi connectivity index (χ0) is 30.0. The number of anilines is 1. The van der Waals surface area contributed by atoms with Crippen LogP contribution < -0.4 is 5.32 Å². The first-order valence-electron chi connectivity index (χ1n) is 15.0. The molecule has 0 heterocycles. The molecule has 0 saturated carbocycles. The van der Waals surface area contributed by atoms with Crippen LogP contribution in [0.3, 0.4) is 0 Å². The van der Waals surface area contributed by atoms with E-state index in [0.29, 0.717) is 0 Å². The molecule has 0 aliphatic rings. The smallest absolute Gasteiger partial charge is 0.0417 e. The maximum absolute atomic E-state index is 4.12. The standard InChI is InChI=1S/C43H33N/c1-4-15-29(5-2)31-26-32(30-16-7-6-8-17-30)28-33(27-31)42-36-20-11-13-22-38(36)43(39-23-14-12-21-37(39)42)40-24-25-41(44-3)35-19-10-9-18-34(35)40/h4-28,44H,1-2H2,3H3/b29-15+. The van der Waals surface area contributed by atoms with Gasteiger partial charge < -0.3 is 5.32 Å². The van der Waals surface area contributed by atoms with Gasteiger partial charge in [-0.25, -0.2) is 0 Å². The Labute approximate surface area is 259 Å². The van der Waals surface area contributed by atoms with E-state index in [0.717, 1.165) is 16.8 Å². The lowest BCUT2D eigenvalue weighted by Crippen LogP contribution is -1.95. The number of rotatable bonds is 7. The van der Waals surface area contributed by atoms with Gasteiger partial charge in [-0.2, -0.15) is 0 Å². The lowest BCUT2D eigenvalue weighted by molar-refractivity contribution is 1.54. The molecule has 210 valence electrons. The Bertz CT molecular complexity index is 2180. The van der Waals surface area contributed by atoms with E-state index in [-0.39, 0.29) is 0 Å². The second kappa shape index (κ2) is 11.6. The number of hydrogen-bond acceptors (Lipinski definition) is 1. The monoisotopic (exact) mass is 563 g/mol. The van der Waals surface area contributed by atoms with Gasteiger partial charge in [0.1, 0.15) is 0 Å². The fourth-order valence-electron chi connectivity index (χ4n) is 6.61. The molecule has 1 nitrogen and oxygen atoms in total. The number of nitrogens with one attached hydrogen (secondary N) is 1. The van der Waals surface area contributed by atoms with Crippen LogP contribution in [0.4, 0.5) is 5.69 Å². The van der Waals surface area contributed by atoms with Crippen molar-refractivity contribution in [3.63, 3.8) is 0 Å². The number of allylic oxidation sites excluding steroid dienone is 4. The Hall–Kier alpha value is -5.66. The average Bonchev–Trinajstić information content (AvgIpc) is 3.09. The minimum Gasteiger partial charge on any atom is -0.388 e. The summed E-state index contributed by atoms with van der Waals surface area (Å²) >= 11 is 0. The Morgan fingerprint density at radius 2 is 1.07 bits per heavy atom. The SMILES string of the molecule is C=C/C=C(\C=C)c1cc(-c2ccccc2)cc(-c2c3ccccc3c(-c3ccc(NC)c4ccccc34)c3ccccc23)c1. The third-order valence-electron chi connectivity index (χ3n) is 8.57. The molecule has 0 aliphatic carbocycles. The normalized spacial score (nSPS) is 11.6. The van der Waals surface area contributed by atoms with Crippen LogP contribution in [0.5, 0.6) is 0 Å². The fourth-order valence-corrected chi connectivity index (χ4v) is 6.61. The van der Waals surface area contributed by atoms with Gasteiger partial charge in [0.05, 0.1) is 0 Å². The van der Waals surface area contributed by atoms with E-state index in [2.05, 4.69) is 152 Å². The van der Waals surface area contributed by atoms with Crippen molar-refractivity contribution in [3.05, 3.63) is 170 Å². The number of benzene rings is 7. The molecule has 1 N–H and O–H groups in total. The van der Waals surface area contributed by atoms with Crippen molar-refractivity contribution in [2.45, 2.75) is 0 Å². The minimum absolute atomic E-state index is 1.04. The first-order chi connectivity index (χ1) is 21.7. The van der Waals surface area contributed by atoms with Gasteiger partial charge >= 0.3 is 0 Å². The maximum atomic E-state index is 4.12. The summed E-state index contributed by atoms with van der Waals surface area (Å²) in [5.41, 5.74) is 10.5. The predicted molar refractivity (Wildman–Crippen MR) is 193 cm³/mol. The van der Waals surface area contributed by atoms with Crippen LogP contribution in [0.1, 0.15) is 5.56 Å². The molecule has 7 aromatic rings. The topological polar surface area (TPSA) is 12.0 Å². The number of fused-ring (bicyclic) bond motifs is 3. The van der Waals surface area contributed by atoms with Crippen molar-refractivity contribution < 1.29 is 0 Å². The molecule has 0 bridgehead atoms. The van der Waals surface area contributed by atoms with E-state index in [4.69, 9.17) is 0 Å². The highest BCUT2D eigenvalue weighted by Crippen LogP contribution is 2.46. The average molecular weight is 564 g/mol. The van der Waals surface area contributed by atoms with Gasteiger partial charge in [-0.15, -0.1) is 0 Å². The van der Waals surface area contributed by atoms with Gasteiger partial charge in [0, 0.05) is 18.1 Å². The molecule has 0 aliphatic heterocycles. The Kier molecular flexibility index (Phi) is 7.14. The Morgan fingerprint density at radius 3 is 1.66 bits per heavy atom. The van der Waals surface area contributed by atoms with Gasteiger partial charge in [0.15, 0.2) is 0 Å². The molecule has 1 heteroatoms. The second-order valence-electron chi connectivity index (χ2n) is 11.0. The van der Waals surface area contributed by atoms with E-state index < -0.39 is 0 Å². The molecule has 0 unspecified atom stereocenters. The molecular weight excluding hydrogens is 530 g/mol. The second-order valence-corrected chi connectivity index (χ2v) is 11.0. The minimum atomic E-state index is 1.04. The summed E-state index contributed by atoms with van der Waals surface area (Å²) in [6.45, 7) is 8.08. The predicted octanol–water partition coefficient (Wildman–Crippen LogP) is 11.9. The van der Waals surface area contributed by atoms with E-state index in [1.807, 2.05) is 25.3 Å². The molecule has 7 aromatic carbocycles. The van der Waals surface area contributed by atoms with Crippen LogP contribution in [0.15, 0.2) is 165 Å². The maximum Gasteiger partial charge on any atom is 0.0417 e. The molecule has 0 aromatic heterocycles. The first kappa shape index (κ1) is 27.2. The van der Waals surface area contributed by atoms with Crippen molar-refractivity contribution >= 4 is 43.6 Å². The summed E-state index contributed by atoms with van der Waals surface area (Å²) in [4.78, 5) is 0. The van der Waals surface area contributed by atoms with Gasteiger partial charge in [0.2, 0.25) is 0 Å². The van der Waals surface area contributed by atoms with Crippen LogP contribution in [0.2, 0.25) is 0 Å². The van der Waals surface area contributed by atoms with Crippen LogP contribution in [0, 0.1) is 0 Å². The van der Waals surface area contributed by atoms with Gasteiger partial charge in [0.25, 0.3) is 0 Å². The quantitative estimate of drug-likeness (QED) is 0.150. The van der Waals surface area contributed by atoms with E-state index in [1.54, 1.807) is 0 Å². The molecule has 0 amide bonds. The molecule has 7 rings (SSSR count). The summed E-state index contributed by atoms with van der Waals surface area (Å²) in [7, 11) is 1.99. The van der Waals surface area contributed by atoms with Crippen molar-refractivity contribution in [3.8, 4) is 33.4 Å². The lowest BCUT2D eigenvalue weighted by atomic mass is 9.83. The largest absolute Gasteiger partial charge is 0.388 e. The highest BCUT2D eigenvalue weighted by atomic mass is 14.8. The third-order valence-corrected chi connectivity index (χ3v) is 8.57. The van der Waals surface area contributed by atoms with E-state index >= 15 is 0 Å². The van der Waals surface area contributed by atoms with Crippen molar-refractivity contribution in [1.82, 2.24) is 0 Å². The van der Waals surface area contributed by atoms with Crippen molar-refractivity contribution in [2.24, 2.45) is 0 Å². The lowest BCUT2D eigenvalue weighted by Gasteiger charge is -2.20. The molecule has 0 atom stereocenters. The highest BCUT2D eigenvalue weighted by molar-refractivity contribution is 6.24. The summed E-state index contributed by atoms with van der Waals surface area (Å²) in [5.74, 6) is 0. The third kappa shape index (κ3) is 4.60. The first-order valence-corrected chi connectivity index (χ1v) is 15.0. The fraction of sp³-hybridized carbons (Fsp3) is 0.0233. The van der Waals surface area contributed by atoms with Crippen LogP contribution in [-0.4, -0.2) is 7.05 Å². The molecule has 0 radical (unpaired) electrons. The summed E-state index contributed by atoms with van der Waals surface area (Å²) in [6.07, 6.45) is 5.77. The van der Waals surface area contributed by atoms with E-state index in [1.165, 1.54) is 65.7 Å². The summed E-state index contributed by atoms with van der Waals surface area (Å²) < 4.78 is 0. The van der Waals surface area contributed by atoms with Gasteiger partial charge in [-0.3, -0.25) is 0 Å². The molecule has 0 fully saturated rings. The Morgan fingerprint density at radius 1 is 0.523 bits per heavy atom. The van der Waals surface area contributed by atoms with Crippen LogP contribution >= 0.6 is 0 Å². The molecule has 44 heavy (non-hydrogen) atoms. The molecular formula is C43H33N. The summed E-state index contributed by atoms with van der Waals surface area (Å²) in [6, 6.07) is 48.4. The Balaban J connectivity index is 1.61. The van der Waals surface area contributed by atoms with Gasteiger partial charge in [-0.05, 0) is 95.7 Å². The number of hydrogen-bond donors (Lipinski definition) is 1. The van der Waals surface area contributed by atoms with Crippen molar-refractivity contribution in [2.75, 3.05) is 12.4 Å². The van der Waals surface area contributed by atoms with Crippen molar-refractivity contribution in [1.29, 1.82) is 0 Å². The van der Waals surface area contributed by atoms with E-state index in [9.17, 15) is 0 Å². The van der Waals surface area contributed by atoms with Gasteiger partial charge in [-0.1, -0.05) is 141 Å². The summed E-state index contributed by atoms with van der Waals surface area (Å²) in [5, 5.41) is 10.8. The zero-order valence-corrected chi connectivity index (χ0v) is 24.8. The van der Waals surface area contributed by atoms with Crippen LogP contribution in [-0.2, 0) is 0 Å². The zero-order valence-electron chi connectivity index (χ0n) is 24.8. The van der Waals surface area contributed by atoms with Crippen LogP contribution in [0.25, 0.3) is 71.3 Å².